The van der Waals surface area contributed by atoms with Crippen LogP contribution >= 0.6 is 0 Å². The van der Waals surface area contributed by atoms with Gasteiger partial charge in [-0.25, -0.2) is 9.97 Å². The van der Waals surface area contributed by atoms with Crippen LogP contribution in [0.4, 0.5) is 0 Å². The predicted molar refractivity (Wildman–Crippen MR) is 71.2 cm³/mol. The van der Waals surface area contributed by atoms with E-state index in [0.29, 0.717) is 11.8 Å². The lowest BCUT2D eigenvalue weighted by Crippen LogP contribution is -2.20. The van der Waals surface area contributed by atoms with Crippen molar-refractivity contribution in [1.82, 2.24) is 15.3 Å². The molecule has 2 rings (SSSR count). The monoisotopic (exact) mass is 249 g/mol. The number of nitrogens with one attached hydrogen (secondary N) is 1. The van der Waals surface area contributed by atoms with E-state index in [1.54, 1.807) is 0 Å². The van der Waals surface area contributed by atoms with Gasteiger partial charge in [0.05, 0.1) is 5.69 Å². The van der Waals surface area contributed by atoms with Gasteiger partial charge in [0.25, 0.3) is 0 Å². The van der Waals surface area contributed by atoms with Crippen LogP contribution in [0.1, 0.15) is 31.8 Å². The van der Waals surface area contributed by atoms with Gasteiger partial charge in [0.15, 0.2) is 0 Å². The van der Waals surface area contributed by atoms with Crippen LogP contribution in [0.3, 0.4) is 0 Å². The summed E-state index contributed by atoms with van der Waals surface area (Å²) in [6.45, 7) is 8.02. The first-order chi connectivity index (χ1) is 8.74. The van der Waals surface area contributed by atoms with E-state index in [9.17, 15) is 0 Å². The largest absolute Gasteiger partial charge is 0.381 e. The molecule has 0 radical (unpaired) electrons. The topological polar surface area (TPSA) is 47.0 Å². The first-order valence-electron chi connectivity index (χ1n) is 6.83. The van der Waals surface area contributed by atoms with Crippen LogP contribution in [-0.2, 0) is 17.7 Å². The van der Waals surface area contributed by atoms with Gasteiger partial charge in [-0.15, -0.1) is 0 Å². The fraction of sp³-hybridized carbons (Fsp3) is 0.714. The summed E-state index contributed by atoms with van der Waals surface area (Å²) < 4.78 is 5.38. The van der Waals surface area contributed by atoms with Crippen molar-refractivity contribution in [3.05, 3.63) is 23.8 Å². The molecule has 1 fully saturated rings. The Hall–Kier alpha value is -1.00. The van der Waals surface area contributed by atoms with Crippen LogP contribution in [0.15, 0.2) is 12.3 Å². The smallest absolute Gasteiger partial charge is 0.128 e. The molecule has 0 bridgehead atoms. The van der Waals surface area contributed by atoms with E-state index in [1.165, 1.54) is 0 Å². The lowest BCUT2D eigenvalue weighted by Gasteiger charge is -2.09. The highest BCUT2D eigenvalue weighted by molar-refractivity contribution is 5.03. The van der Waals surface area contributed by atoms with Gasteiger partial charge in [0.2, 0.25) is 0 Å². The predicted octanol–water partition coefficient (Wildman–Crippen LogP) is 1.80. The highest BCUT2D eigenvalue weighted by Gasteiger charge is 2.17. The Bertz CT molecular complexity index is 362. The Labute approximate surface area is 109 Å². The minimum absolute atomic E-state index is 0.601. The first kappa shape index (κ1) is 13.4. The molecule has 1 aromatic heterocycles. The van der Waals surface area contributed by atoms with Gasteiger partial charge in [-0.05, 0) is 30.9 Å². The van der Waals surface area contributed by atoms with Crippen LogP contribution < -0.4 is 5.32 Å². The quantitative estimate of drug-likeness (QED) is 0.835. The summed E-state index contributed by atoms with van der Waals surface area (Å²) in [6.07, 6.45) is 3.95. The van der Waals surface area contributed by atoms with E-state index in [0.717, 1.165) is 50.7 Å². The number of aromatic nitrogens is 2. The van der Waals surface area contributed by atoms with Crippen LogP contribution in [0.2, 0.25) is 0 Å². The summed E-state index contributed by atoms with van der Waals surface area (Å²) in [6, 6.07) is 1.99. The molecule has 1 aliphatic heterocycles. The third-order valence-corrected chi connectivity index (χ3v) is 3.12. The molecular formula is C14H23N3O. The van der Waals surface area contributed by atoms with Gasteiger partial charge in [-0.3, -0.25) is 0 Å². The van der Waals surface area contributed by atoms with Crippen molar-refractivity contribution in [2.75, 3.05) is 19.8 Å². The Morgan fingerprint density at radius 1 is 1.50 bits per heavy atom. The maximum Gasteiger partial charge on any atom is 0.128 e. The minimum atomic E-state index is 0.601. The number of hydrogen-bond donors (Lipinski definition) is 1. The highest BCUT2D eigenvalue weighted by atomic mass is 16.5. The van der Waals surface area contributed by atoms with E-state index in [-0.39, 0.29) is 0 Å². The average molecular weight is 249 g/mol. The van der Waals surface area contributed by atoms with Gasteiger partial charge in [-0.2, -0.15) is 0 Å². The van der Waals surface area contributed by atoms with E-state index in [2.05, 4.69) is 29.1 Å². The third-order valence-electron chi connectivity index (χ3n) is 3.12. The normalized spacial score (nSPS) is 19.6. The molecule has 1 aromatic rings. The van der Waals surface area contributed by atoms with Gasteiger partial charge in [0, 0.05) is 32.4 Å². The maximum absolute atomic E-state index is 5.38. The molecule has 1 atom stereocenters. The van der Waals surface area contributed by atoms with Crippen LogP contribution in [-0.4, -0.2) is 29.7 Å². The molecule has 0 aliphatic carbocycles. The fourth-order valence-corrected chi connectivity index (χ4v) is 2.13. The molecule has 0 saturated carbocycles. The Morgan fingerprint density at radius 3 is 3.11 bits per heavy atom. The van der Waals surface area contributed by atoms with Gasteiger partial charge < -0.3 is 10.1 Å². The zero-order chi connectivity index (χ0) is 12.8. The third kappa shape index (κ3) is 4.35. The second kappa shape index (κ2) is 6.81. The molecule has 0 spiro atoms. The summed E-state index contributed by atoms with van der Waals surface area (Å²) in [5.41, 5.74) is 1.08. The molecule has 2 heterocycles. The van der Waals surface area contributed by atoms with Crippen LogP contribution in [0.25, 0.3) is 0 Å². The average Bonchev–Trinajstić information content (AvgIpc) is 2.82. The van der Waals surface area contributed by atoms with Crippen LogP contribution in [0, 0.1) is 11.8 Å². The van der Waals surface area contributed by atoms with E-state index in [4.69, 9.17) is 4.74 Å². The molecule has 4 heteroatoms. The summed E-state index contributed by atoms with van der Waals surface area (Å²) in [7, 11) is 0. The van der Waals surface area contributed by atoms with Gasteiger partial charge in [-0.1, -0.05) is 13.8 Å². The summed E-state index contributed by atoms with van der Waals surface area (Å²) >= 11 is 0. The Balaban J connectivity index is 1.84. The molecular weight excluding hydrogens is 226 g/mol. The van der Waals surface area contributed by atoms with E-state index in [1.807, 2.05) is 12.3 Å². The zero-order valence-electron chi connectivity index (χ0n) is 11.4. The molecule has 4 nitrogen and oxygen atoms in total. The van der Waals surface area contributed by atoms with Crippen molar-refractivity contribution in [3.8, 4) is 0 Å². The number of hydrogen-bond acceptors (Lipinski definition) is 4. The lowest BCUT2D eigenvalue weighted by molar-refractivity contribution is 0.185. The molecule has 1 saturated heterocycles. The summed E-state index contributed by atoms with van der Waals surface area (Å²) in [5.74, 6) is 2.22. The second-order valence-electron chi connectivity index (χ2n) is 5.42. The molecule has 0 amide bonds. The van der Waals surface area contributed by atoms with Crippen molar-refractivity contribution in [2.24, 2.45) is 11.8 Å². The summed E-state index contributed by atoms with van der Waals surface area (Å²) in [4.78, 5) is 8.96. The second-order valence-corrected chi connectivity index (χ2v) is 5.42. The molecule has 1 N–H and O–H groups in total. The van der Waals surface area contributed by atoms with Crippen molar-refractivity contribution < 1.29 is 4.74 Å². The maximum atomic E-state index is 5.38. The van der Waals surface area contributed by atoms with Gasteiger partial charge >= 0.3 is 0 Å². The lowest BCUT2D eigenvalue weighted by atomic mass is 10.0. The van der Waals surface area contributed by atoms with Crippen LogP contribution in [0.5, 0.6) is 0 Å². The number of nitrogens with zero attached hydrogens (tertiary/aromatic N) is 2. The molecule has 100 valence electrons. The van der Waals surface area contributed by atoms with Gasteiger partial charge in [0.1, 0.15) is 5.82 Å². The Kier molecular flexibility index (Phi) is 5.08. The molecule has 1 unspecified atom stereocenters. The molecule has 18 heavy (non-hydrogen) atoms. The fourth-order valence-electron chi connectivity index (χ4n) is 2.13. The van der Waals surface area contributed by atoms with Crippen molar-refractivity contribution in [1.29, 1.82) is 0 Å². The number of ether oxygens (including phenoxy) is 1. The zero-order valence-corrected chi connectivity index (χ0v) is 11.4. The first-order valence-corrected chi connectivity index (χ1v) is 6.83. The summed E-state index contributed by atoms with van der Waals surface area (Å²) in [5, 5.41) is 3.41. The van der Waals surface area contributed by atoms with Crippen molar-refractivity contribution in [2.45, 2.75) is 33.2 Å². The minimum Gasteiger partial charge on any atom is -0.381 e. The van der Waals surface area contributed by atoms with E-state index < -0.39 is 0 Å². The van der Waals surface area contributed by atoms with Crippen molar-refractivity contribution in [3.63, 3.8) is 0 Å². The Morgan fingerprint density at radius 2 is 2.39 bits per heavy atom. The van der Waals surface area contributed by atoms with E-state index >= 15 is 0 Å². The molecule has 1 aliphatic rings. The number of rotatable bonds is 6. The SMILES string of the molecule is CC(C)CNCc1ccnc(CC2CCOC2)n1. The van der Waals surface area contributed by atoms with Crippen molar-refractivity contribution >= 4 is 0 Å². The highest BCUT2D eigenvalue weighted by Crippen LogP contribution is 2.16. The standard InChI is InChI=1S/C14H23N3O/c1-11(2)8-15-9-13-3-5-16-14(17-13)7-12-4-6-18-10-12/h3,5,11-12,15H,4,6-10H2,1-2H3. The molecule has 0 aromatic carbocycles.